The highest BCUT2D eigenvalue weighted by atomic mass is 32.2. The molecule has 1 amide bonds. The number of nitrogens with zero attached hydrogens (tertiary/aromatic N) is 3. The van der Waals surface area contributed by atoms with Crippen molar-refractivity contribution in [2.45, 2.75) is 11.4 Å². The van der Waals surface area contributed by atoms with Crippen LogP contribution in [-0.4, -0.2) is 44.6 Å². The van der Waals surface area contributed by atoms with E-state index in [1.54, 1.807) is 12.5 Å². The number of carbonyl (C=O) groups excluding carboxylic acids is 1. The van der Waals surface area contributed by atoms with Crippen molar-refractivity contribution < 1.29 is 27.1 Å². The summed E-state index contributed by atoms with van der Waals surface area (Å²) in [5.74, 6) is -0.499. The molecule has 37 heavy (non-hydrogen) atoms. The van der Waals surface area contributed by atoms with E-state index in [1.165, 1.54) is 44.6 Å². The van der Waals surface area contributed by atoms with E-state index >= 15 is 0 Å². The zero-order chi connectivity index (χ0) is 26.4. The van der Waals surface area contributed by atoms with Gasteiger partial charge in [0.25, 0.3) is 10.0 Å². The van der Waals surface area contributed by atoms with Gasteiger partial charge in [-0.3, -0.25) is 9.10 Å². The molecule has 0 saturated heterocycles. The Morgan fingerprint density at radius 1 is 1.00 bits per heavy atom. The standard InChI is InChI=1S/C26H25FN4O5S/c1-35-24-12-11-23(15-25(24)36-2)37(33,34)31(22-9-5-20(27)6-10-22)17-26(32)29-16-19-3-7-21(8-4-19)30-14-13-28-18-30/h3-15,18H,16-17H2,1-2H3,(H,29,32). The molecular formula is C26H25FN4O5S. The van der Waals surface area contributed by atoms with Gasteiger partial charge in [0, 0.05) is 30.7 Å². The summed E-state index contributed by atoms with van der Waals surface area (Å²) in [6.45, 7) is -0.327. The molecule has 11 heteroatoms. The molecule has 1 aromatic heterocycles. The highest BCUT2D eigenvalue weighted by Gasteiger charge is 2.28. The number of nitrogens with one attached hydrogen (secondary N) is 1. The molecule has 0 aliphatic carbocycles. The second-order valence-corrected chi connectivity index (χ2v) is 9.78. The Morgan fingerprint density at radius 2 is 1.70 bits per heavy atom. The van der Waals surface area contributed by atoms with Gasteiger partial charge in [0.05, 0.1) is 31.1 Å². The first-order valence-corrected chi connectivity index (χ1v) is 12.6. The van der Waals surface area contributed by atoms with Gasteiger partial charge < -0.3 is 19.4 Å². The van der Waals surface area contributed by atoms with Crippen molar-refractivity contribution in [3.63, 3.8) is 0 Å². The van der Waals surface area contributed by atoms with E-state index in [9.17, 15) is 17.6 Å². The molecule has 0 spiro atoms. The minimum atomic E-state index is -4.23. The van der Waals surface area contributed by atoms with Crippen LogP contribution in [0.1, 0.15) is 5.56 Å². The minimum Gasteiger partial charge on any atom is -0.493 e. The van der Waals surface area contributed by atoms with Gasteiger partial charge in [0.15, 0.2) is 11.5 Å². The number of sulfonamides is 1. The molecule has 1 N–H and O–H groups in total. The van der Waals surface area contributed by atoms with Gasteiger partial charge in [-0.1, -0.05) is 12.1 Å². The monoisotopic (exact) mass is 524 g/mol. The van der Waals surface area contributed by atoms with Crippen molar-refractivity contribution in [2.24, 2.45) is 0 Å². The first kappa shape index (κ1) is 25.7. The van der Waals surface area contributed by atoms with Gasteiger partial charge in [0.1, 0.15) is 12.4 Å². The van der Waals surface area contributed by atoms with Gasteiger partial charge in [0.2, 0.25) is 5.91 Å². The molecule has 0 unspecified atom stereocenters. The maximum Gasteiger partial charge on any atom is 0.264 e. The van der Waals surface area contributed by atoms with Crippen LogP contribution in [0, 0.1) is 5.82 Å². The molecule has 192 valence electrons. The van der Waals surface area contributed by atoms with E-state index in [4.69, 9.17) is 9.47 Å². The summed E-state index contributed by atoms with van der Waals surface area (Å²) in [7, 11) is -1.40. The molecule has 0 atom stereocenters. The van der Waals surface area contributed by atoms with Crippen LogP contribution >= 0.6 is 0 Å². The summed E-state index contributed by atoms with van der Waals surface area (Å²) < 4.78 is 53.9. The van der Waals surface area contributed by atoms with E-state index in [0.717, 1.165) is 27.7 Å². The van der Waals surface area contributed by atoms with Crippen molar-refractivity contribution in [2.75, 3.05) is 25.1 Å². The Balaban J connectivity index is 1.54. The minimum absolute atomic E-state index is 0.114. The highest BCUT2D eigenvalue weighted by molar-refractivity contribution is 7.92. The average Bonchev–Trinajstić information content (AvgIpc) is 3.46. The fraction of sp³-hybridized carbons (Fsp3) is 0.154. The lowest BCUT2D eigenvalue weighted by Gasteiger charge is -2.24. The van der Waals surface area contributed by atoms with Crippen LogP contribution in [0.25, 0.3) is 5.69 Å². The number of rotatable bonds is 10. The predicted octanol–water partition coefficient (Wildman–Crippen LogP) is 3.54. The fourth-order valence-corrected chi connectivity index (χ4v) is 5.05. The number of amides is 1. The Labute approximate surface area is 214 Å². The van der Waals surface area contributed by atoms with Crippen LogP contribution in [-0.2, 0) is 21.4 Å². The Bertz CT molecular complexity index is 1460. The van der Waals surface area contributed by atoms with Crippen molar-refractivity contribution in [1.82, 2.24) is 14.9 Å². The normalized spacial score (nSPS) is 11.1. The van der Waals surface area contributed by atoms with Crippen LogP contribution in [0.15, 0.2) is 90.3 Å². The number of imidazole rings is 1. The van der Waals surface area contributed by atoms with Gasteiger partial charge in [-0.05, 0) is 54.1 Å². The summed E-state index contributed by atoms with van der Waals surface area (Å²) in [5, 5.41) is 2.75. The topological polar surface area (TPSA) is 103 Å². The second kappa shape index (κ2) is 11.1. The van der Waals surface area contributed by atoms with Gasteiger partial charge in [-0.15, -0.1) is 0 Å². The lowest BCUT2D eigenvalue weighted by atomic mass is 10.2. The number of methoxy groups -OCH3 is 2. The van der Waals surface area contributed by atoms with Crippen molar-refractivity contribution in [1.29, 1.82) is 0 Å². The summed E-state index contributed by atoms with van der Waals surface area (Å²) in [6.07, 6.45) is 5.18. The highest BCUT2D eigenvalue weighted by Crippen LogP contribution is 2.32. The molecule has 0 bridgehead atoms. The van der Waals surface area contributed by atoms with Crippen LogP contribution in [0.4, 0.5) is 10.1 Å². The zero-order valence-electron chi connectivity index (χ0n) is 20.2. The number of aromatic nitrogens is 2. The number of ether oxygens (including phenoxy) is 2. The van der Waals surface area contributed by atoms with Crippen LogP contribution in [0.2, 0.25) is 0 Å². The number of hydrogen-bond donors (Lipinski definition) is 1. The summed E-state index contributed by atoms with van der Waals surface area (Å²) in [6, 6.07) is 16.5. The lowest BCUT2D eigenvalue weighted by molar-refractivity contribution is -0.119. The number of carbonyl (C=O) groups is 1. The molecule has 0 fully saturated rings. The number of hydrogen-bond acceptors (Lipinski definition) is 6. The van der Waals surface area contributed by atoms with E-state index in [1.807, 2.05) is 35.0 Å². The largest absolute Gasteiger partial charge is 0.493 e. The fourth-order valence-electron chi connectivity index (χ4n) is 3.61. The van der Waals surface area contributed by atoms with Gasteiger partial charge in [-0.2, -0.15) is 0 Å². The van der Waals surface area contributed by atoms with E-state index < -0.39 is 28.3 Å². The quantitative estimate of drug-likeness (QED) is 0.341. The third kappa shape index (κ3) is 5.89. The van der Waals surface area contributed by atoms with Crippen LogP contribution in [0.5, 0.6) is 11.5 Å². The Kier molecular flexibility index (Phi) is 7.73. The molecule has 0 saturated carbocycles. The Morgan fingerprint density at radius 3 is 2.32 bits per heavy atom. The van der Waals surface area contributed by atoms with Crippen LogP contribution in [0.3, 0.4) is 0 Å². The third-order valence-corrected chi connectivity index (χ3v) is 7.34. The maximum absolute atomic E-state index is 13.6. The van der Waals surface area contributed by atoms with E-state index in [2.05, 4.69) is 10.3 Å². The van der Waals surface area contributed by atoms with Crippen molar-refractivity contribution in [3.05, 3.63) is 96.8 Å². The van der Waals surface area contributed by atoms with Gasteiger partial charge >= 0.3 is 0 Å². The van der Waals surface area contributed by atoms with Crippen molar-refractivity contribution >= 4 is 21.6 Å². The molecule has 0 radical (unpaired) electrons. The summed E-state index contributed by atoms with van der Waals surface area (Å²) >= 11 is 0. The zero-order valence-corrected chi connectivity index (χ0v) is 21.0. The molecule has 0 aliphatic heterocycles. The molecule has 3 aromatic carbocycles. The first-order valence-electron chi connectivity index (χ1n) is 11.2. The third-order valence-electron chi connectivity index (χ3n) is 5.57. The van der Waals surface area contributed by atoms with Crippen LogP contribution < -0.4 is 19.1 Å². The molecule has 0 aliphatic rings. The smallest absolute Gasteiger partial charge is 0.264 e. The first-order chi connectivity index (χ1) is 17.8. The SMILES string of the molecule is COc1ccc(S(=O)(=O)N(CC(=O)NCc2ccc(-n3ccnc3)cc2)c2ccc(F)cc2)cc1OC. The number of anilines is 1. The maximum atomic E-state index is 13.6. The lowest BCUT2D eigenvalue weighted by Crippen LogP contribution is -2.40. The Hall–Kier alpha value is -4.38. The van der Waals surface area contributed by atoms with Gasteiger partial charge in [-0.25, -0.2) is 17.8 Å². The molecular weight excluding hydrogens is 499 g/mol. The summed E-state index contributed by atoms with van der Waals surface area (Å²) in [5.41, 5.74) is 1.88. The number of halogens is 1. The van der Waals surface area contributed by atoms with Crippen molar-refractivity contribution in [3.8, 4) is 17.2 Å². The molecule has 4 rings (SSSR count). The predicted molar refractivity (Wildman–Crippen MR) is 136 cm³/mol. The second-order valence-electron chi connectivity index (χ2n) is 7.92. The number of benzene rings is 3. The van der Waals surface area contributed by atoms with E-state index in [0.29, 0.717) is 5.75 Å². The summed E-state index contributed by atoms with van der Waals surface area (Å²) in [4.78, 5) is 16.8. The molecule has 1 heterocycles. The van der Waals surface area contributed by atoms with E-state index in [-0.39, 0.29) is 22.9 Å². The molecule has 4 aromatic rings. The molecule has 9 nitrogen and oxygen atoms in total. The average molecular weight is 525 g/mol.